The standard InChI is InChI=1S/C18H27N3O3/c19-9-2-10-21-16-8-11-20(13-14(16)4-6-18(21)23)17(22)7-5-15-3-1-12-24-15/h1,3,12,14,16H,2,4-11,13,19H2/t14-,16+/m0/s1. The number of carbonyl (C=O) groups is 2. The van der Waals surface area contributed by atoms with Gasteiger partial charge in [-0.1, -0.05) is 0 Å². The molecule has 6 heteroatoms. The lowest BCUT2D eigenvalue weighted by Crippen LogP contribution is -2.57. The second kappa shape index (κ2) is 7.83. The lowest BCUT2D eigenvalue weighted by molar-refractivity contribution is -0.144. The first kappa shape index (κ1) is 17.0. The number of amides is 2. The summed E-state index contributed by atoms with van der Waals surface area (Å²) in [5, 5.41) is 0. The first-order chi connectivity index (χ1) is 11.7. The molecule has 6 nitrogen and oxygen atoms in total. The van der Waals surface area contributed by atoms with Gasteiger partial charge in [-0.25, -0.2) is 0 Å². The Morgan fingerprint density at radius 3 is 3.00 bits per heavy atom. The summed E-state index contributed by atoms with van der Waals surface area (Å²) in [5.41, 5.74) is 5.60. The number of nitrogens with zero attached hydrogens (tertiary/aromatic N) is 2. The number of hydrogen-bond acceptors (Lipinski definition) is 4. The maximum absolute atomic E-state index is 12.5. The minimum absolute atomic E-state index is 0.190. The molecule has 0 radical (unpaired) electrons. The van der Waals surface area contributed by atoms with Crippen molar-refractivity contribution in [2.75, 3.05) is 26.2 Å². The van der Waals surface area contributed by atoms with Crippen LogP contribution in [0.15, 0.2) is 22.8 Å². The number of piperidine rings is 2. The minimum Gasteiger partial charge on any atom is -0.469 e. The third-order valence-corrected chi connectivity index (χ3v) is 5.26. The lowest BCUT2D eigenvalue weighted by atomic mass is 9.83. The molecule has 1 aromatic rings. The van der Waals surface area contributed by atoms with Crippen molar-refractivity contribution in [1.29, 1.82) is 0 Å². The van der Waals surface area contributed by atoms with E-state index in [2.05, 4.69) is 0 Å². The predicted octanol–water partition coefficient (Wildman–Crippen LogP) is 1.40. The Kier molecular flexibility index (Phi) is 5.56. The molecule has 2 amide bonds. The largest absolute Gasteiger partial charge is 0.469 e. The molecular formula is C18H27N3O3. The molecule has 3 rings (SSSR count). The van der Waals surface area contributed by atoms with Crippen LogP contribution in [-0.2, 0) is 16.0 Å². The van der Waals surface area contributed by atoms with Gasteiger partial charge in [0, 0.05) is 44.9 Å². The van der Waals surface area contributed by atoms with Crippen LogP contribution in [0.4, 0.5) is 0 Å². The number of fused-ring (bicyclic) bond motifs is 1. The molecule has 132 valence electrons. The zero-order chi connectivity index (χ0) is 16.9. The van der Waals surface area contributed by atoms with Crippen LogP contribution in [0.3, 0.4) is 0 Å². The first-order valence-corrected chi connectivity index (χ1v) is 8.98. The van der Waals surface area contributed by atoms with E-state index >= 15 is 0 Å². The highest BCUT2D eigenvalue weighted by molar-refractivity contribution is 5.78. The number of nitrogens with two attached hydrogens (primary N) is 1. The average Bonchev–Trinajstić information content (AvgIpc) is 3.12. The molecule has 2 N–H and O–H groups in total. The van der Waals surface area contributed by atoms with E-state index in [0.29, 0.717) is 31.7 Å². The third kappa shape index (κ3) is 3.80. The van der Waals surface area contributed by atoms with Crippen LogP contribution in [-0.4, -0.2) is 53.8 Å². The van der Waals surface area contributed by atoms with Gasteiger partial charge < -0.3 is 20.0 Å². The van der Waals surface area contributed by atoms with E-state index in [4.69, 9.17) is 10.2 Å². The number of aryl methyl sites for hydroxylation is 1. The zero-order valence-electron chi connectivity index (χ0n) is 14.2. The maximum atomic E-state index is 12.5. The Hall–Kier alpha value is -1.82. The molecule has 2 fully saturated rings. The van der Waals surface area contributed by atoms with E-state index in [0.717, 1.165) is 44.7 Å². The summed E-state index contributed by atoms with van der Waals surface area (Å²) in [6, 6.07) is 4.04. The highest BCUT2D eigenvalue weighted by Gasteiger charge is 2.39. The number of carbonyl (C=O) groups excluding carboxylic acids is 2. The summed E-state index contributed by atoms with van der Waals surface area (Å²) in [6.45, 7) is 2.88. The van der Waals surface area contributed by atoms with Gasteiger partial charge >= 0.3 is 0 Å². The molecule has 3 heterocycles. The van der Waals surface area contributed by atoms with Crippen molar-refractivity contribution in [1.82, 2.24) is 9.80 Å². The van der Waals surface area contributed by atoms with E-state index in [1.165, 1.54) is 0 Å². The van der Waals surface area contributed by atoms with Gasteiger partial charge in [0.1, 0.15) is 5.76 Å². The molecule has 2 aliphatic heterocycles. The predicted molar refractivity (Wildman–Crippen MR) is 90.1 cm³/mol. The van der Waals surface area contributed by atoms with Crippen LogP contribution in [0.1, 0.15) is 37.9 Å². The smallest absolute Gasteiger partial charge is 0.223 e. The molecule has 0 saturated carbocycles. The highest BCUT2D eigenvalue weighted by Crippen LogP contribution is 2.31. The van der Waals surface area contributed by atoms with Gasteiger partial charge in [-0.2, -0.15) is 0 Å². The van der Waals surface area contributed by atoms with Crippen molar-refractivity contribution >= 4 is 11.8 Å². The van der Waals surface area contributed by atoms with Gasteiger partial charge in [0.05, 0.1) is 6.26 Å². The molecule has 2 aliphatic rings. The van der Waals surface area contributed by atoms with E-state index in [-0.39, 0.29) is 17.9 Å². The number of rotatable bonds is 6. The van der Waals surface area contributed by atoms with Crippen LogP contribution >= 0.6 is 0 Å². The maximum Gasteiger partial charge on any atom is 0.223 e. The quantitative estimate of drug-likeness (QED) is 0.853. The third-order valence-electron chi connectivity index (χ3n) is 5.26. The van der Waals surface area contributed by atoms with E-state index < -0.39 is 0 Å². The topological polar surface area (TPSA) is 79.8 Å². The second-order valence-electron chi connectivity index (χ2n) is 6.80. The number of hydrogen-bond donors (Lipinski definition) is 1. The summed E-state index contributed by atoms with van der Waals surface area (Å²) in [4.78, 5) is 28.7. The molecule has 0 aromatic carbocycles. The van der Waals surface area contributed by atoms with Crippen molar-refractivity contribution in [3.05, 3.63) is 24.2 Å². The van der Waals surface area contributed by atoms with Gasteiger partial charge in [0.2, 0.25) is 11.8 Å². The Labute approximate surface area is 143 Å². The van der Waals surface area contributed by atoms with Crippen molar-refractivity contribution in [2.45, 2.75) is 44.6 Å². The Morgan fingerprint density at radius 1 is 1.38 bits per heavy atom. The molecule has 0 aliphatic carbocycles. The summed E-state index contributed by atoms with van der Waals surface area (Å²) < 4.78 is 5.30. The van der Waals surface area contributed by atoms with Crippen LogP contribution < -0.4 is 5.73 Å². The van der Waals surface area contributed by atoms with Crippen LogP contribution in [0.5, 0.6) is 0 Å². The number of likely N-dealkylation sites (tertiary alicyclic amines) is 2. The Morgan fingerprint density at radius 2 is 2.25 bits per heavy atom. The van der Waals surface area contributed by atoms with Gasteiger partial charge in [-0.15, -0.1) is 0 Å². The van der Waals surface area contributed by atoms with Gasteiger partial charge in [-0.3, -0.25) is 9.59 Å². The summed E-state index contributed by atoms with van der Waals surface area (Å²) >= 11 is 0. The van der Waals surface area contributed by atoms with Gasteiger partial charge in [-0.05, 0) is 43.9 Å². The normalized spacial score (nSPS) is 24.1. The van der Waals surface area contributed by atoms with Crippen molar-refractivity contribution in [3.63, 3.8) is 0 Å². The van der Waals surface area contributed by atoms with Crippen LogP contribution in [0.25, 0.3) is 0 Å². The summed E-state index contributed by atoms with van der Waals surface area (Å²) in [5.74, 6) is 1.70. The zero-order valence-corrected chi connectivity index (χ0v) is 14.2. The molecular weight excluding hydrogens is 306 g/mol. The fraction of sp³-hybridized carbons (Fsp3) is 0.667. The van der Waals surface area contributed by atoms with E-state index in [1.54, 1.807) is 6.26 Å². The molecule has 0 spiro atoms. The van der Waals surface area contributed by atoms with Gasteiger partial charge in [0.25, 0.3) is 0 Å². The van der Waals surface area contributed by atoms with Crippen molar-refractivity contribution in [2.24, 2.45) is 11.7 Å². The SMILES string of the molecule is NCCCN1C(=O)CC[C@H]2CN(C(=O)CCc3ccco3)CC[C@H]21. The summed E-state index contributed by atoms with van der Waals surface area (Å²) in [6.07, 6.45) is 6.00. The molecule has 0 unspecified atom stereocenters. The fourth-order valence-corrected chi connectivity index (χ4v) is 3.97. The molecule has 1 aromatic heterocycles. The fourth-order valence-electron chi connectivity index (χ4n) is 3.97. The van der Waals surface area contributed by atoms with Crippen LogP contribution in [0, 0.1) is 5.92 Å². The van der Waals surface area contributed by atoms with Gasteiger partial charge in [0.15, 0.2) is 0 Å². The average molecular weight is 333 g/mol. The second-order valence-corrected chi connectivity index (χ2v) is 6.80. The summed E-state index contributed by atoms with van der Waals surface area (Å²) in [7, 11) is 0. The van der Waals surface area contributed by atoms with Crippen LogP contribution in [0.2, 0.25) is 0 Å². The molecule has 0 bridgehead atoms. The van der Waals surface area contributed by atoms with E-state index in [9.17, 15) is 9.59 Å². The minimum atomic E-state index is 0.190. The number of furan rings is 1. The Bertz CT molecular complexity index is 558. The molecule has 24 heavy (non-hydrogen) atoms. The van der Waals surface area contributed by atoms with E-state index in [1.807, 2.05) is 21.9 Å². The van der Waals surface area contributed by atoms with Crippen molar-refractivity contribution in [3.8, 4) is 0 Å². The monoisotopic (exact) mass is 333 g/mol. The first-order valence-electron chi connectivity index (χ1n) is 8.98. The van der Waals surface area contributed by atoms with Crippen molar-refractivity contribution < 1.29 is 14.0 Å². The Balaban J connectivity index is 1.54. The molecule has 2 saturated heterocycles. The lowest BCUT2D eigenvalue weighted by Gasteiger charge is -2.47. The highest BCUT2D eigenvalue weighted by atomic mass is 16.3. The molecule has 2 atom stereocenters.